The van der Waals surface area contributed by atoms with Gasteiger partial charge in [0.2, 0.25) is 0 Å². The lowest BCUT2D eigenvalue weighted by Gasteiger charge is -2.14. The number of halogens is 6. The summed E-state index contributed by atoms with van der Waals surface area (Å²) in [7, 11) is 1.04. The summed E-state index contributed by atoms with van der Waals surface area (Å²) in [5, 5.41) is -0.934. The van der Waals surface area contributed by atoms with Crippen molar-refractivity contribution in [2.75, 3.05) is 7.11 Å². The van der Waals surface area contributed by atoms with Crippen molar-refractivity contribution in [2.24, 2.45) is 0 Å². The van der Waals surface area contributed by atoms with Crippen molar-refractivity contribution in [2.45, 2.75) is 19.0 Å². The molecule has 0 unspecified atom stereocenters. The molecule has 0 amide bonds. The highest BCUT2D eigenvalue weighted by molar-refractivity contribution is 6.31. The average molecular weight is 304 g/mol. The van der Waals surface area contributed by atoms with Crippen LogP contribution in [0.3, 0.4) is 0 Å². The van der Waals surface area contributed by atoms with Crippen LogP contribution in [0.2, 0.25) is 5.02 Å². The van der Waals surface area contributed by atoms with Crippen LogP contribution in [0.1, 0.15) is 23.4 Å². The van der Waals surface area contributed by atoms with Gasteiger partial charge < -0.3 is 4.74 Å². The van der Waals surface area contributed by atoms with Gasteiger partial charge in [-0.15, -0.1) is 0 Å². The zero-order valence-corrected chi connectivity index (χ0v) is 10.1. The molecule has 0 fully saturated rings. The van der Waals surface area contributed by atoms with E-state index in [0.29, 0.717) is 6.07 Å². The fourth-order valence-electron chi connectivity index (χ4n) is 1.33. The molecule has 1 aromatic rings. The first-order valence-electron chi connectivity index (χ1n) is 4.78. The smallest absolute Gasteiger partial charge is 0.419 e. The number of nitrogens with zero attached hydrogens (tertiary/aromatic N) is 1. The normalized spacial score (nSPS) is 11.8. The number of esters is 1. The van der Waals surface area contributed by atoms with Gasteiger partial charge in [0.15, 0.2) is 0 Å². The molecule has 1 heterocycles. The molecule has 0 saturated carbocycles. The number of rotatable bonds is 3. The van der Waals surface area contributed by atoms with Crippen molar-refractivity contribution in [1.29, 1.82) is 0 Å². The first-order valence-corrected chi connectivity index (χ1v) is 5.16. The predicted molar refractivity (Wildman–Crippen MR) is 54.9 cm³/mol. The highest BCUT2D eigenvalue weighted by Crippen LogP contribution is 2.40. The number of carbonyl (C=O) groups is 1. The molecule has 0 aromatic carbocycles. The van der Waals surface area contributed by atoms with Gasteiger partial charge in [0.25, 0.3) is 6.43 Å². The van der Waals surface area contributed by atoms with E-state index in [4.69, 9.17) is 11.6 Å². The third-order valence-electron chi connectivity index (χ3n) is 2.10. The zero-order valence-electron chi connectivity index (χ0n) is 9.39. The Morgan fingerprint density at radius 1 is 1.47 bits per heavy atom. The lowest BCUT2D eigenvalue weighted by atomic mass is 10.1. The fourth-order valence-corrected chi connectivity index (χ4v) is 1.66. The highest BCUT2D eigenvalue weighted by Gasteiger charge is 2.39. The van der Waals surface area contributed by atoms with E-state index in [1.807, 2.05) is 0 Å². The van der Waals surface area contributed by atoms with Crippen LogP contribution in [0, 0.1) is 0 Å². The number of pyridine rings is 1. The van der Waals surface area contributed by atoms with Crippen molar-refractivity contribution in [1.82, 2.24) is 4.98 Å². The van der Waals surface area contributed by atoms with Crippen molar-refractivity contribution in [3.63, 3.8) is 0 Å². The van der Waals surface area contributed by atoms with E-state index < -0.39 is 41.3 Å². The topological polar surface area (TPSA) is 39.2 Å². The molecule has 0 bridgehead atoms. The number of hydrogen-bond donors (Lipinski definition) is 0. The first kappa shape index (κ1) is 15.6. The van der Waals surface area contributed by atoms with E-state index in [-0.39, 0.29) is 5.69 Å². The number of alkyl halides is 5. The monoisotopic (exact) mass is 303 g/mol. The van der Waals surface area contributed by atoms with Gasteiger partial charge in [-0.3, -0.25) is 9.78 Å². The molecule has 0 aliphatic carbocycles. The van der Waals surface area contributed by atoms with Crippen molar-refractivity contribution in [3.8, 4) is 0 Å². The van der Waals surface area contributed by atoms with Crippen LogP contribution in [0.5, 0.6) is 0 Å². The molecule has 0 spiro atoms. The van der Waals surface area contributed by atoms with Crippen LogP contribution in [0.4, 0.5) is 22.0 Å². The molecule has 9 heteroatoms. The molecule has 19 heavy (non-hydrogen) atoms. The number of ether oxygens (including phenoxy) is 1. The van der Waals surface area contributed by atoms with Crippen molar-refractivity contribution in [3.05, 3.63) is 28.0 Å². The Labute approximate surface area is 109 Å². The molecule has 0 saturated heterocycles. The minimum Gasteiger partial charge on any atom is -0.469 e. The van der Waals surface area contributed by atoms with Crippen LogP contribution in [-0.4, -0.2) is 18.1 Å². The van der Waals surface area contributed by atoms with Crippen molar-refractivity contribution >= 4 is 17.6 Å². The predicted octanol–water partition coefficient (Wildman–Crippen LogP) is 3.41. The number of methoxy groups -OCH3 is 1. The molecule has 1 aromatic heterocycles. The minimum atomic E-state index is -5.06. The van der Waals surface area contributed by atoms with Crippen LogP contribution >= 0.6 is 11.6 Å². The van der Waals surface area contributed by atoms with Gasteiger partial charge in [-0.25, -0.2) is 8.78 Å². The molecule has 0 atom stereocenters. The lowest BCUT2D eigenvalue weighted by Crippen LogP contribution is -2.15. The van der Waals surface area contributed by atoms with Gasteiger partial charge in [-0.2, -0.15) is 13.2 Å². The number of aromatic nitrogens is 1. The standard InChI is InChI=1S/C10H7ClF5NO2/c1-19-6(18)3-4-2-5(11)7(10(14,15)16)8(17-4)9(12)13/h2,9H,3H2,1H3. The van der Waals surface area contributed by atoms with E-state index in [1.54, 1.807) is 0 Å². The van der Waals surface area contributed by atoms with E-state index >= 15 is 0 Å². The molecule has 0 radical (unpaired) electrons. The Morgan fingerprint density at radius 3 is 2.47 bits per heavy atom. The SMILES string of the molecule is COC(=O)Cc1cc(Cl)c(C(F)(F)F)c(C(F)F)n1. The van der Waals surface area contributed by atoms with Gasteiger partial charge >= 0.3 is 12.1 Å². The second kappa shape index (κ2) is 5.68. The molecular formula is C10H7ClF5NO2. The van der Waals surface area contributed by atoms with Crippen molar-refractivity contribution < 1.29 is 31.5 Å². The third-order valence-corrected chi connectivity index (χ3v) is 2.39. The Morgan fingerprint density at radius 2 is 2.05 bits per heavy atom. The second-order valence-electron chi connectivity index (χ2n) is 3.41. The summed E-state index contributed by atoms with van der Waals surface area (Å²) in [6, 6.07) is 0.715. The van der Waals surface area contributed by atoms with Gasteiger partial charge in [-0.1, -0.05) is 11.6 Å². The maximum atomic E-state index is 12.6. The Bertz CT molecular complexity index is 490. The molecule has 1 rings (SSSR count). The molecule has 0 N–H and O–H groups in total. The van der Waals surface area contributed by atoms with Gasteiger partial charge in [0.05, 0.1) is 24.2 Å². The quantitative estimate of drug-likeness (QED) is 0.634. The summed E-state index contributed by atoms with van der Waals surface area (Å²) in [6.07, 6.45) is -9.07. The third kappa shape index (κ3) is 3.76. The van der Waals surface area contributed by atoms with E-state index in [9.17, 15) is 26.7 Å². The molecular weight excluding hydrogens is 297 g/mol. The maximum Gasteiger partial charge on any atom is 0.419 e. The summed E-state index contributed by atoms with van der Waals surface area (Å²) < 4.78 is 67.2. The van der Waals surface area contributed by atoms with E-state index in [1.165, 1.54) is 0 Å². The summed E-state index contributed by atoms with van der Waals surface area (Å²) in [5.41, 5.74) is -3.52. The Balaban J connectivity index is 3.34. The summed E-state index contributed by atoms with van der Waals surface area (Å²) in [4.78, 5) is 14.1. The molecule has 0 aliphatic heterocycles. The van der Waals surface area contributed by atoms with E-state index in [0.717, 1.165) is 7.11 Å². The fraction of sp³-hybridized carbons (Fsp3) is 0.400. The summed E-state index contributed by atoms with van der Waals surface area (Å²) in [6.45, 7) is 0. The van der Waals surface area contributed by atoms with Crippen LogP contribution < -0.4 is 0 Å². The highest BCUT2D eigenvalue weighted by atomic mass is 35.5. The average Bonchev–Trinajstić information content (AvgIpc) is 2.25. The number of carbonyl (C=O) groups excluding carboxylic acids is 1. The number of hydrogen-bond acceptors (Lipinski definition) is 3. The molecule has 0 aliphatic rings. The largest absolute Gasteiger partial charge is 0.469 e. The van der Waals surface area contributed by atoms with Gasteiger partial charge in [0, 0.05) is 0 Å². The Kier molecular flexibility index (Phi) is 4.67. The maximum absolute atomic E-state index is 12.6. The molecule has 106 valence electrons. The zero-order chi connectivity index (χ0) is 14.8. The first-order chi connectivity index (χ1) is 8.66. The van der Waals surface area contributed by atoms with Crippen LogP contribution in [0.25, 0.3) is 0 Å². The van der Waals surface area contributed by atoms with Crippen LogP contribution in [-0.2, 0) is 22.1 Å². The second-order valence-corrected chi connectivity index (χ2v) is 3.81. The Hall–Kier alpha value is -1.44. The van der Waals surface area contributed by atoms with E-state index in [2.05, 4.69) is 9.72 Å². The van der Waals surface area contributed by atoms with Crippen LogP contribution in [0.15, 0.2) is 6.07 Å². The van der Waals surface area contributed by atoms with Gasteiger partial charge in [-0.05, 0) is 6.07 Å². The molecule has 3 nitrogen and oxygen atoms in total. The minimum absolute atomic E-state index is 0.319. The summed E-state index contributed by atoms with van der Waals surface area (Å²) >= 11 is 5.34. The summed E-state index contributed by atoms with van der Waals surface area (Å²) in [5.74, 6) is -0.830. The van der Waals surface area contributed by atoms with Gasteiger partial charge in [0.1, 0.15) is 11.3 Å². The lowest BCUT2D eigenvalue weighted by molar-refractivity contribution is -0.140.